The van der Waals surface area contributed by atoms with Crippen LogP contribution in [0.1, 0.15) is 69.4 Å². The van der Waals surface area contributed by atoms with Gasteiger partial charge in [0.1, 0.15) is 6.04 Å². The van der Waals surface area contributed by atoms with Gasteiger partial charge in [-0.1, -0.05) is 67.6 Å². The average molecular weight is 562 g/mol. The molecule has 3 rings (SSSR count). The molecular weight excluding hydrogens is 522 g/mol. The number of aryl methyl sites for hydroxylation is 1. The molecule has 9 heteroatoms. The first-order chi connectivity index (χ1) is 18.1. The molecule has 0 spiro atoms. The standard InChI is InChI=1S/C29H40ClN3O4S/c1-4-27(29(35)31-25-12-6-5-7-13-25)32(21-23-11-8-10-22(2)20-23)28(34)14-9-19-33(38(3,36)37)26-17-15-24(30)16-18-26/h8,10-11,15-18,20,25,27H,4-7,9,12-14,19,21H2,1-3H3,(H,31,35)/t27-/m0/s1. The van der Waals surface area contributed by atoms with Crippen LogP contribution in [0.4, 0.5) is 5.69 Å². The molecule has 1 aliphatic rings. The third kappa shape index (κ3) is 8.73. The van der Waals surface area contributed by atoms with Gasteiger partial charge in [0.25, 0.3) is 0 Å². The molecule has 7 nitrogen and oxygen atoms in total. The van der Waals surface area contributed by atoms with Gasteiger partial charge in [0.2, 0.25) is 21.8 Å². The second-order valence-electron chi connectivity index (χ2n) is 10.2. The van der Waals surface area contributed by atoms with E-state index < -0.39 is 16.1 Å². The molecule has 0 bridgehead atoms. The SMILES string of the molecule is CC[C@@H](C(=O)NC1CCCCC1)N(Cc1cccc(C)c1)C(=O)CCCN(c1ccc(Cl)cc1)S(C)(=O)=O. The summed E-state index contributed by atoms with van der Waals surface area (Å²) in [6, 6.07) is 14.1. The molecule has 1 aliphatic carbocycles. The van der Waals surface area contributed by atoms with Crippen molar-refractivity contribution in [2.75, 3.05) is 17.1 Å². The number of nitrogens with one attached hydrogen (secondary N) is 1. The molecule has 0 unspecified atom stereocenters. The fourth-order valence-electron chi connectivity index (χ4n) is 5.08. The van der Waals surface area contributed by atoms with Crippen LogP contribution in [-0.4, -0.2) is 50.0 Å². The number of sulfonamides is 1. The van der Waals surface area contributed by atoms with E-state index in [0.717, 1.165) is 43.1 Å². The van der Waals surface area contributed by atoms with E-state index in [2.05, 4.69) is 5.32 Å². The van der Waals surface area contributed by atoms with Gasteiger partial charge in [0.05, 0.1) is 11.9 Å². The number of rotatable bonds is 12. The van der Waals surface area contributed by atoms with Crippen LogP contribution >= 0.6 is 11.6 Å². The Balaban J connectivity index is 1.75. The molecule has 0 aromatic heterocycles. The quantitative estimate of drug-likeness (QED) is 0.373. The van der Waals surface area contributed by atoms with E-state index in [1.54, 1.807) is 29.2 Å². The monoisotopic (exact) mass is 561 g/mol. The van der Waals surface area contributed by atoms with E-state index in [9.17, 15) is 18.0 Å². The van der Waals surface area contributed by atoms with E-state index in [1.807, 2.05) is 38.1 Å². The molecule has 208 valence electrons. The minimum atomic E-state index is -3.55. The summed E-state index contributed by atoms with van der Waals surface area (Å²) < 4.78 is 26.2. The lowest BCUT2D eigenvalue weighted by atomic mass is 9.95. The van der Waals surface area contributed by atoms with Crippen molar-refractivity contribution in [3.8, 4) is 0 Å². The Morgan fingerprint density at radius 1 is 1.08 bits per heavy atom. The van der Waals surface area contributed by atoms with Crippen LogP contribution in [0.5, 0.6) is 0 Å². The van der Waals surface area contributed by atoms with Crippen molar-refractivity contribution in [3.05, 3.63) is 64.7 Å². The number of carbonyl (C=O) groups excluding carboxylic acids is 2. The van der Waals surface area contributed by atoms with Gasteiger partial charge in [0, 0.05) is 30.6 Å². The Bertz CT molecular complexity index is 1180. The van der Waals surface area contributed by atoms with Crippen LogP contribution in [0.25, 0.3) is 0 Å². The van der Waals surface area contributed by atoms with Crippen LogP contribution < -0.4 is 9.62 Å². The predicted octanol–water partition coefficient (Wildman–Crippen LogP) is 5.45. The molecule has 1 saturated carbocycles. The highest BCUT2D eigenvalue weighted by molar-refractivity contribution is 7.92. The van der Waals surface area contributed by atoms with Crippen LogP contribution in [-0.2, 0) is 26.2 Å². The zero-order valence-corrected chi connectivity index (χ0v) is 24.2. The fourth-order valence-corrected chi connectivity index (χ4v) is 6.17. The van der Waals surface area contributed by atoms with Crippen LogP contribution in [0.15, 0.2) is 48.5 Å². The first kappa shape index (κ1) is 30.0. The number of halogens is 1. The van der Waals surface area contributed by atoms with Crippen molar-refractivity contribution in [1.82, 2.24) is 10.2 Å². The first-order valence-corrected chi connectivity index (χ1v) is 15.7. The summed E-state index contributed by atoms with van der Waals surface area (Å²) in [5.41, 5.74) is 2.54. The highest BCUT2D eigenvalue weighted by Gasteiger charge is 2.30. The molecule has 0 aliphatic heterocycles. The zero-order valence-electron chi connectivity index (χ0n) is 22.7. The molecular formula is C29H40ClN3O4S. The Labute approximate surface area is 232 Å². The fraction of sp³-hybridized carbons (Fsp3) is 0.517. The Morgan fingerprint density at radius 2 is 1.76 bits per heavy atom. The van der Waals surface area contributed by atoms with Crippen LogP contribution in [0.2, 0.25) is 5.02 Å². The second-order valence-corrected chi connectivity index (χ2v) is 12.5. The number of hydrogen-bond donors (Lipinski definition) is 1. The number of amides is 2. The number of benzene rings is 2. The van der Waals surface area contributed by atoms with Gasteiger partial charge in [-0.15, -0.1) is 0 Å². The zero-order chi connectivity index (χ0) is 27.7. The maximum atomic E-state index is 13.6. The lowest BCUT2D eigenvalue weighted by Crippen LogP contribution is -2.51. The van der Waals surface area contributed by atoms with Crippen molar-refractivity contribution in [1.29, 1.82) is 0 Å². The summed E-state index contributed by atoms with van der Waals surface area (Å²) in [7, 11) is -3.55. The van der Waals surface area contributed by atoms with Gasteiger partial charge in [-0.25, -0.2) is 8.42 Å². The van der Waals surface area contributed by atoms with Crippen molar-refractivity contribution >= 4 is 39.1 Å². The summed E-state index contributed by atoms with van der Waals surface area (Å²) in [5.74, 6) is -0.277. The molecule has 2 amide bonds. The summed E-state index contributed by atoms with van der Waals surface area (Å²) in [5, 5.41) is 3.71. The highest BCUT2D eigenvalue weighted by Crippen LogP contribution is 2.22. The largest absolute Gasteiger partial charge is 0.352 e. The van der Waals surface area contributed by atoms with Crippen molar-refractivity contribution in [2.24, 2.45) is 0 Å². The Hall–Kier alpha value is -2.58. The predicted molar refractivity (Wildman–Crippen MR) is 154 cm³/mol. The smallest absolute Gasteiger partial charge is 0.243 e. The molecule has 2 aromatic rings. The van der Waals surface area contributed by atoms with Gasteiger partial charge < -0.3 is 10.2 Å². The molecule has 1 N–H and O–H groups in total. The third-order valence-corrected chi connectivity index (χ3v) is 8.49. The minimum Gasteiger partial charge on any atom is -0.352 e. The number of hydrogen-bond acceptors (Lipinski definition) is 4. The van der Waals surface area contributed by atoms with E-state index in [-0.39, 0.29) is 30.8 Å². The molecule has 2 aromatic carbocycles. The summed E-state index contributed by atoms with van der Waals surface area (Å²) >= 11 is 5.97. The normalized spacial score (nSPS) is 15.1. The maximum Gasteiger partial charge on any atom is 0.243 e. The summed E-state index contributed by atoms with van der Waals surface area (Å²) in [4.78, 5) is 28.6. The maximum absolute atomic E-state index is 13.6. The molecule has 38 heavy (non-hydrogen) atoms. The number of carbonyl (C=O) groups is 2. The first-order valence-electron chi connectivity index (χ1n) is 13.5. The molecule has 0 saturated heterocycles. The Kier molecular flexibility index (Phi) is 11.0. The van der Waals surface area contributed by atoms with E-state index in [4.69, 9.17) is 11.6 Å². The topological polar surface area (TPSA) is 86.8 Å². The van der Waals surface area contributed by atoms with Crippen molar-refractivity contribution in [3.63, 3.8) is 0 Å². The second kappa shape index (κ2) is 14.0. The molecule has 1 atom stereocenters. The van der Waals surface area contributed by atoms with Gasteiger partial charge in [-0.3, -0.25) is 13.9 Å². The summed E-state index contributed by atoms with van der Waals surface area (Å²) in [6.45, 7) is 4.40. The third-order valence-electron chi connectivity index (χ3n) is 7.04. The van der Waals surface area contributed by atoms with Gasteiger partial charge >= 0.3 is 0 Å². The molecule has 0 radical (unpaired) electrons. The minimum absolute atomic E-state index is 0.112. The molecule has 0 heterocycles. The lowest BCUT2D eigenvalue weighted by Gasteiger charge is -2.33. The van der Waals surface area contributed by atoms with Gasteiger partial charge in [-0.05, 0) is 62.4 Å². The van der Waals surface area contributed by atoms with E-state index >= 15 is 0 Å². The Morgan fingerprint density at radius 3 is 2.37 bits per heavy atom. The summed E-state index contributed by atoms with van der Waals surface area (Å²) in [6.07, 6.45) is 7.45. The van der Waals surface area contributed by atoms with Crippen molar-refractivity contribution < 1.29 is 18.0 Å². The molecule has 1 fully saturated rings. The van der Waals surface area contributed by atoms with Crippen LogP contribution in [0.3, 0.4) is 0 Å². The van der Waals surface area contributed by atoms with E-state index in [0.29, 0.717) is 30.1 Å². The van der Waals surface area contributed by atoms with Crippen molar-refractivity contribution in [2.45, 2.75) is 83.8 Å². The number of nitrogens with zero attached hydrogens (tertiary/aromatic N) is 2. The van der Waals surface area contributed by atoms with Gasteiger partial charge in [0.15, 0.2) is 0 Å². The van der Waals surface area contributed by atoms with Crippen LogP contribution in [0, 0.1) is 6.92 Å². The highest BCUT2D eigenvalue weighted by atomic mass is 35.5. The average Bonchev–Trinajstić information content (AvgIpc) is 2.87. The van der Waals surface area contributed by atoms with E-state index in [1.165, 1.54) is 10.7 Å². The number of anilines is 1. The lowest BCUT2D eigenvalue weighted by molar-refractivity contribution is -0.141. The van der Waals surface area contributed by atoms with Gasteiger partial charge in [-0.2, -0.15) is 0 Å².